The molecule has 1 aromatic rings. The molecule has 0 bridgehead atoms. The summed E-state index contributed by atoms with van der Waals surface area (Å²) in [6.07, 6.45) is 2.63. The predicted octanol–water partition coefficient (Wildman–Crippen LogP) is 3.47. The fraction of sp³-hybridized carbons (Fsp3) is 0.632. The summed E-state index contributed by atoms with van der Waals surface area (Å²) in [4.78, 5) is 17.8. The van der Waals surface area contributed by atoms with E-state index in [4.69, 9.17) is 23.2 Å². The van der Waals surface area contributed by atoms with Crippen LogP contribution in [0.5, 0.6) is 0 Å². The van der Waals surface area contributed by atoms with Gasteiger partial charge in [0.15, 0.2) is 0 Å². The zero-order valence-corrected chi connectivity index (χ0v) is 18.5. The third-order valence-electron chi connectivity index (χ3n) is 4.64. The molecule has 8 heteroatoms. The molecular formula is C19H30Cl2N4OS. The first kappa shape index (κ1) is 22.8. The number of benzene rings is 1. The van der Waals surface area contributed by atoms with Crippen LogP contribution in [0.4, 0.5) is 0 Å². The molecule has 0 spiro atoms. The van der Waals surface area contributed by atoms with Crippen LogP contribution in [-0.2, 0) is 4.79 Å². The molecule has 0 radical (unpaired) electrons. The van der Waals surface area contributed by atoms with Gasteiger partial charge in [-0.1, -0.05) is 29.3 Å². The summed E-state index contributed by atoms with van der Waals surface area (Å²) in [5.41, 5.74) is 0. The minimum atomic E-state index is 0.0965. The van der Waals surface area contributed by atoms with Crippen molar-refractivity contribution in [3.63, 3.8) is 0 Å². The maximum absolute atomic E-state index is 12.0. The van der Waals surface area contributed by atoms with Gasteiger partial charge in [0, 0.05) is 50.6 Å². The lowest BCUT2D eigenvalue weighted by atomic mass is 10.2. The monoisotopic (exact) mass is 432 g/mol. The minimum Gasteiger partial charge on any atom is -0.356 e. The molecule has 1 saturated heterocycles. The van der Waals surface area contributed by atoms with Crippen LogP contribution in [0.25, 0.3) is 0 Å². The Bertz CT molecular complexity index is 597. The minimum absolute atomic E-state index is 0.0965. The Morgan fingerprint density at radius 2 is 1.96 bits per heavy atom. The number of carbonyl (C=O) groups excluding carboxylic acids is 1. The van der Waals surface area contributed by atoms with Gasteiger partial charge in [-0.15, -0.1) is 0 Å². The molecule has 152 valence electrons. The molecule has 1 aliphatic heterocycles. The van der Waals surface area contributed by atoms with Gasteiger partial charge >= 0.3 is 0 Å². The highest BCUT2D eigenvalue weighted by atomic mass is 35.5. The van der Waals surface area contributed by atoms with E-state index >= 15 is 0 Å². The molecule has 1 aliphatic rings. The summed E-state index contributed by atoms with van der Waals surface area (Å²) in [6, 6.07) is 5.57. The molecule has 1 amide bonds. The Morgan fingerprint density at radius 3 is 2.70 bits per heavy atom. The van der Waals surface area contributed by atoms with Gasteiger partial charge in [0.25, 0.3) is 0 Å². The number of halogens is 2. The number of unbranched alkanes of at least 4 members (excludes halogenated alkanes) is 1. The van der Waals surface area contributed by atoms with Gasteiger partial charge in [0.2, 0.25) is 5.91 Å². The molecule has 0 aromatic heterocycles. The fourth-order valence-corrected chi connectivity index (χ4v) is 4.18. The largest absolute Gasteiger partial charge is 0.356 e. The summed E-state index contributed by atoms with van der Waals surface area (Å²) in [5.74, 6) is 0.0965. The molecule has 1 N–H and O–H groups in total. The summed E-state index contributed by atoms with van der Waals surface area (Å²) in [6.45, 7) is 7.16. The number of piperazine rings is 1. The number of likely N-dealkylation sites (N-methyl/N-ethyl adjacent to an activating group) is 1. The van der Waals surface area contributed by atoms with Crippen molar-refractivity contribution >= 4 is 41.1 Å². The van der Waals surface area contributed by atoms with Crippen molar-refractivity contribution < 1.29 is 4.79 Å². The van der Waals surface area contributed by atoms with E-state index in [9.17, 15) is 4.79 Å². The highest BCUT2D eigenvalue weighted by Gasteiger charge is 2.13. The maximum Gasteiger partial charge on any atom is 0.221 e. The van der Waals surface area contributed by atoms with Gasteiger partial charge in [0.05, 0.1) is 10.0 Å². The molecule has 0 saturated carbocycles. The molecule has 0 atom stereocenters. The van der Waals surface area contributed by atoms with Crippen molar-refractivity contribution in [1.82, 2.24) is 19.4 Å². The van der Waals surface area contributed by atoms with E-state index in [1.807, 2.05) is 23.5 Å². The summed E-state index contributed by atoms with van der Waals surface area (Å²) >= 11 is 13.7. The SMILES string of the molecule is CN1CCN(CCCCNC(=O)CCN(C)Sc2cccc(Cl)c2Cl)CC1. The summed E-state index contributed by atoms with van der Waals surface area (Å²) in [7, 11) is 4.12. The van der Waals surface area contributed by atoms with Crippen LogP contribution in [0.15, 0.2) is 23.1 Å². The molecule has 2 rings (SSSR count). The predicted molar refractivity (Wildman–Crippen MR) is 116 cm³/mol. The van der Waals surface area contributed by atoms with Gasteiger partial charge in [-0.25, -0.2) is 4.31 Å². The van der Waals surface area contributed by atoms with Crippen LogP contribution in [0.3, 0.4) is 0 Å². The van der Waals surface area contributed by atoms with Crippen molar-refractivity contribution in [1.29, 1.82) is 0 Å². The Balaban J connectivity index is 1.53. The highest BCUT2D eigenvalue weighted by Crippen LogP contribution is 2.33. The van der Waals surface area contributed by atoms with E-state index in [1.165, 1.54) is 11.9 Å². The maximum atomic E-state index is 12.0. The molecule has 5 nitrogen and oxygen atoms in total. The second-order valence-corrected chi connectivity index (χ2v) is 8.98. The van der Waals surface area contributed by atoms with Gasteiger partial charge in [-0.05, 0) is 57.6 Å². The van der Waals surface area contributed by atoms with Crippen molar-refractivity contribution in [2.45, 2.75) is 24.2 Å². The zero-order valence-electron chi connectivity index (χ0n) is 16.2. The quantitative estimate of drug-likeness (QED) is 0.452. The van der Waals surface area contributed by atoms with E-state index in [-0.39, 0.29) is 5.91 Å². The van der Waals surface area contributed by atoms with Crippen molar-refractivity contribution in [3.8, 4) is 0 Å². The van der Waals surface area contributed by atoms with Crippen LogP contribution in [0.1, 0.15) is 19.3 Å². The third-order valence-corrected chi connectivity index (χ3v) is 6.61. The smallest absolute Gasteiger partial charge is 0.221 e. The first-order valence-electron chi connectivity index (χ1n) is 9.46. The fourth-order valence-electron chi connectivity index (χ4n) is 2.88. The van der Waals surface area contributed by atoms with Crippen molar-refractivity contribution in [2.24, 2.45) is 0 Å². The average molecular weight is 433 g/mol. The number of amides is 1. The van der Waals surface area contributed by atoms with E-state index < -0.39 is 0 Å². The van der Waals surface area contributed by atoms with Crippen LogP contribution in [0, 0.1) is 0 Å². The Morgan fingerprint density at radius 1 is 1.22 bits per heavy atom. The molecule has 1 aromatic carbocycles. The van der Waals surface area contributed by atoms with Gasteiger partial charge in [-0.2, -0.15) is 0 Å². The number of rotatable bonds is 10. The Hall–Kier alpha value is -0.500. The van der Waals surface area contributed by atoms with E-state index in [0.29, 0.717) is 23.0 Å². The van der Waals surface area contributed by atoms with E-state index in [0.717, 1.165) is 57.0 Å². The number of hydrogen-bond donors (Lipinski definition) is 1. The van der Waals surface area contributed by atoms with Crippen molar-refractivity contribution in [3.05, 3.63) is 28.2 Å². The summed E-state index contributed by atoms with van der Waals surface area (Å²) < 4.78 is 2.00. The van der Waals surface area contributed by atoms with Crippen LogP contribution in [-0.4, -0.2) is 79.9 Å². The molecular weight excluding hydrogens is 403 g/mol. The topological polar surface area (TPSA) is 38.8 Å². The van der Waals surface area contributed by atoms with Crippen LogP contribution in [0.2, 0.25) is 10.0 Å². The molecule has 0 unspecified atom stereocenters. The standard InChI is InChI=1S/C19H30Cl2N4OS/c1-23-12-14-25(15-13-23)10-4-3-9-22-18(26)8-11-24(2)27-17-7-5-6-16(20)19(17)21/h5-7H,3-4,8-15H2,1-2H3,(H,22,26). The second kappa shape index (κ2) is 12.1. The number of carbonyl (C=O) groups is 1. The first-order valence-corrected chi connectivity index (χ1v) is 11.0. The van der Waals surface area contributed by atoms with E-state index in [2.05, 4.69) is 22.2 Å². The number of nitrogens with zero attached hydrogens (tertiary/aromatic N) is 3. The van der Waals surface area contributed by atoms with E-state index in [1.54, 1.807) is 6.07 Å². The average Bonchev–Trinajstić information content (AvgIpc) is 2.65. The van der Waals surface area contributed by atoms with Gasteiger partial charge in [0.1, 0.15) is 0 Å². The number of hydrogen-bond acceptors (Lipinski definition) is 5. The molecule has 1 fully saturated rings. The van der Waals surface area contributed by atoms with Gasteiger partial charge in [-0.3, -0.25) is 4.79 Å². The third kappa shape index (κ3) is 8.59. The molecule has 27 heavy (non-hydrogen) atoms. The highest BCUT2D eigenvalue weighted by molar-refractivity contribution is 7.97. The van der Waals surface area contributed by atoms with Crippen molar-refractivity contribution in [2.75, 3.05) is 59.9 Å². The second-order valence-electron chi connectivity index (χ2n) is 6.95. The van der Waals surface area contributed by atoms with Gasteiger partial charge < -0.3 is 15.1 Å². The van der Waals surface area contributed by atoms with Crippen LogP contribution >= 0.6 is 35.1 Å². The lowest BCUT2D eigenvalue weighted by Crippen LogP contribution is -2.44. The lowest BCUT2D eigenvalue weighted by molar-refractivity contribution is -0.121. The molecule has 0 aliphatic carbocycles. The zero-order chi connectivity index (χ0) is 19.6. The Labute approximate surface area is 177 Å². The first-order chi connectivity index (χ1) is 13.0. The van der Waals surface area contributed by atoms with Crippen LogP contribution < -0.4 is 5.32 Å². The number of nitrogens with one attached hydrogen (secondary N) is 1. The lowest BCUT2D eigenvalue weighted by Gasteiger charge is -2.32. The molecule has 1 heterocycles. The normalized spacial score (nSPS) is 16.0. The Kier molecular flexibility index (Phi) is 10.2. The summed E-state index contributed by atoms with van der Waals surface area (Å²) in [5, 5.41) is 4.12.